The predicted octanol–water partition coefficient (Wildman–Crippen LogP) is 1.85. The van der Waals surface area contributed by atoms with Crippen LogP contribution in [0.25, 0.3) is 0 Å². The minimum Gasteiger partial charge on any atom is -0.324 e. The van der Waals surface area contributed by atoms with E-state index in [0.717, 1.165) is 25.8 Å². The molecule has 1 aromatic heterocycles. The summed E-state index contributed by atoms with van der Waals surface area (Å²) in [5.74, 6) is 0. The molecule has 0 spiro atoms. The third-order valence-corrected chi connectivity index (χ3v) is 4.27. The molecule has 0 saturated heterocycles. The van der Waals surface area contributed by atoms with Crippen LogP contribution in [0.2, 0.25) is 0 Å². The molecule has 1 unspecified atom stereocenters. The molecule has 84 valence electrons. The van der Waals surface area contributed by atoms with E-state index in [9.17, 15) is 0 Å². The van der Waals surface area contributed by atoms with Crippen LogP contribution in [0.1, 0.15) is 42.6 Å². The zero-order valence-electron chi connectivity index (χ0n) is 9.42. The summed E-state index contributed by atoms with van der Waals surface area (Å²) in [6.07, 6.45) is 5.37. The van der Waals surface area contributed by atoms with Crippen LogP contribution in [0.4, 0.5) is 0 Å². The number of nitrogens with zero attached hydrogens (tertiary/aromatic N) is 1. The van der Waals surface area contributed by atoms with Crippen molar-refractivity contribution in [2.45, 2.75) is 44.7 Å². The fraction of sp³-hybridized carbons (Fsp3) is 0.727. The molecule has 0 aromatic carbocycles. The molecule has 1 saturated carbocycles. The van der Waals surface area contributed by atoms with E-state index >= 15 is 0 Å². The van der Waals surface area contributed by atoms with Crippen LogP contribution in [0.3, 0.4) is 0 Å². The molecule has 1 fully saturated rings. The standard InChI is InChI=1S/C11H19N3S/c1-3-9-6-13-10(15-9)8(2)14-7-11(12)4-5-11/h6,8,14H,3-5,7,12H2,1-2H3. The fourth-order valence-electron chi connectivity index (χ4n) is 1.47. The number of thiazole rings is 1. The van der Waals surface area contributed by atoms with Gasteiger partial charge in [0.15, 0.2) is 0 Å². The highest BCUT2D eigenvalue weighted by Gasteiger charge is 2.38. The van der Waals surface area contributed by atoms with E-state index in [1.807, 2.05) is 6.20 Å². The fourth-order valence-corrected chi connectivity index (χ4v) is 2.35. The number of aromatic nitrogens is 1. The second-order valence-corrected chi connectivity index (χ2v) is 5.63. The molecule has 3 N–H and O–H groups in total. The van der Waals surface area contributed by atoms with Crippen molar-refractivity contribution in [3.8, 4) is 0 Å². The van der Waals surface area contributed by atoms with E-state index in [4.69, 9.17) is 5.73 Å². The van der Waals surface area contributed by atoms with Gasteiger partial charge in [-0.1, -0.05) is 6.92 Å². The summed E-state index contributed by atoms with van der Waals surface area (Å²) in [6, 6.07) is 0.330. The number of nitrogens with two attached hydrogens (primary N) is 1. The lowest BCUT2D eigenvalue weighted by Gasteiger charge is -2.14. The lowest BCUT2D eigenvalue weighted by Crippen LogP contribution is -2.37. The first-order valence-electron chi connectivity index (χ1n) is 5.60. The quantitative estimate of drug-likeness (QED) is 0.804. The molecule has 15 heavy (non-hydrogen) atoms. The molecule has 1 atom stereocenters. The second-order valence-electron chi connectivity index (χ2n) is 4.48. The molecule has 2 rings (SSSR count). The molecular formula is C11H19N3S. The van der Waals surface area contributed by atoms with Crippen LogP contribution in [-0.2, 0) is 6.42 Å². The molecule has 1 aliphatic carbocycles. The summed E-state index contributed by atoms with van der Waals surface area (Å²) in [5.41, 5.74) is 6.11. The number of nitrogens with one attached hydrogen (secondary N) is 1. The molecule has 4 heteroatoms. The highest BCUT2D eigenvalue weighted by molar-refractivity contribution is 7.11. The lowest BCUT2D eigenvalue weighted by molar-refractivity contribution is 0.507. The summed E-state index contributed by atoms with van der Waals surface area (Å²) in [4.78, 5) is 5.78. The summed E-state index contributed by atoms with van der Waals surface area (Å²) in [5, 5.41) is 4.64. The topological polar surface area (TPSA) is 50.9 Å². The van der Waals surface area contributed by atoms with Crippen LogP contribution < -0.4 is 11.1 Å². The van der Waals surface area contributed by atoms with Gasteiger partial charge in [0.05, 0.1) is 6.04 Å². The number of hydrogen-bond donors (Lipinski definition) is 2. The van der Waals surface area contributed by atoms with E-state index in [-0.39, 0.29) is 5.54 Å². The highest BCUT2D eigenvalue weighted by Crippen LogP contribution is 2.32. The van der Waals surface area contributed by atoms with Crippen LogP contribution >= 0.6 is 11.3 Å². The minimum atomic E-state index is 0.0824. The van der Waals surface area contributed by atoms with Crippen molar-refractivity contribution in [3.05, 3.63) is 16.1 Å². The molecule has 1 heterocycles. The average molecular weight is 225 g/mol. The third kappa shape index (κ3) is 2.77. The molecule has 1 aliphatic rings. The van der Waals surface area contributed by atoms with Gasteiger partial charge in [-0.15, -0.1) is 11.3 Å². The summed E-state index contributed by atoms with van der Waals surface area (Å²) in [7, 11) is 0. The smallest absolute Gasteiger partial charge is 0.109 e. The van der Waals surface area contributed by atoms with Gasteiger partial charge >= 0.3 is 0 Å². The van der Waals surface area contributed by atoms with Gasteiger partial charge in [0.1, 0.15) is 5.01 Å². The highest BCUT2D eigenvalue weighted by atomic mass is 32.1. The molecule has 1 aromatic rings. The first kappa shape index (κ1) is 11.0. The largest absolute Gasteiger partial charge is 0.324 e. The van der Waals surface area contributed by atoms with Gasteiger partial charge in [0.2, 0.25) is 0 Å². The Morgan fingerprint density at radius 3 is 2.93 bits per heavy atom. The lowest BCUT2D eigenvalue weighted by atomic mass is 10.2. The van der Waals surface area contributed by atoms with E-state index in [2.05, 4.69) is 24.1 Å². The maximum absolute atomic E-state index is 6.02. The van der Waals surface area contributed by atoms with Crippen molar-refractivity contribution < 1.29 is 0 Å². The Hall–Kier alpha value is -0.450. The van der Waals surface area contributed by atoms with E-state index in [1.54, 1.807) is 11.3 Å². The Kier molecular flexibility index (Phi) is 3.09. The van der Waals surface area contributed by atoms with Crippen molar-refractivity contribution in [1.29, 1.82) is 0 Å². The van der Waals surface area contributed by atoms with Crippen molar-refractivity contribution in [3.63, 3.8) is 0 Å². The van der Waals surface area contributed by atoms with Gasteiger partial charge in [-0.25, -0.2) is 4.98 Å². The van der Waals surface area contributed by atoms with Crippen LogP contribution in [-0.4, -0.2) is 17.1 Å². The van der Waals surface area contributed by atoms with Crippen molar-refractivity contribution in [2.75, 3.05) is 6.54 Å². The molecule has 3 nitrogen and oxygen atoms in total. The van der Waals surface area contributed by atoms with Gasteiger partial charge in [-0.3, -0.25) is 0 Å². The van der Waals surface area contributed by atoms with Gasteiger partial charge in [-0.2, -0.15) is 0 Å². The van der Waals surface area contributed by atoms with Gasteiger partial charge in [-0.05, 0) is 26.2 Å². The maximum atomic E-state index is 6.02. The Balaban J connectivity index is 1.86. The molecule has 0 radical (unpaired) electrons. The normalized spacial score (nSPS) is 20.2. The Morgan fingerprint density at radius 1 is 1.67 bits per heavy atom. The predicted molar refractivity (Wildman–Crippen MR) is 64.1 cm³/mol. The first-order chi connectivity index (χ1) is 7.13. The summed E-state index contributed by atoms with van der Waals surface area (Å²) in [6.45, 7) is 5.23. The molecule has 0 aliphatic heterocycles. The Bertz CT molecular complexity index is 330. The van der Waals surface area contributed by atoms with Crippen LogP contribution in [0.5, 0.6) is 0 Å². The Morgan fingerprint density at radius 2 is 2.40 bits per heavy atom. The van der Waals surface area contributed by atoms with Gasteiger partial charge < -0.3 is 11.1 Å². The summed E-state index contributed by atoms with van der Waals surface area (Å²) >= 11 is 1.80. The molecule has 0 amide bonds. The number of aryl methyl sites for hydroxylation is 1. The molecular weight excluding hydrogens is 206 g/mol. The number of hydrogen-bond acceptors (Lipinski definition) is 4. The SMILES string of the molecule is CCc1cnc(C(C)NCC2(N)CC2)s1. The first-order valence-corrected chi connectivity index (χ1v) is 6.41. The van der Waals surface area contributed by atoms with Gasteiger partial charge in [0, 0.05) is 23.2 Å². The third-order valence-electron chi connectivity index (χ3n) is 2.94. The van der Waals surface area contributed by atoms with Crippen LogP contribution in [0, 0.1) is 0 Å². The second kappa shape index (κ2) is 4.20. The average Bonchev–Trinajstić information content (AvgIpc) is 2.81. The van der Waals surface area contributed by atoms with Crippen molar-refractivity contribution in [1.82, 2.24) is 10.3 Å². The van der Waals surface area contributed by atoms with E-state index in [0.29, 0.717) is 6.04 Å². The van der Waals surface area contributed by atoms with Crippen molar-refractivity contribution in [2.24, 2.45) is 5.73 Å². The van der Waals surface area contributed by atoms with Gasteiger partial charge in [0.25, 0.3) is 0 Å². The van der Waals surface area contributed by atoms with Crippen molar-refractivity contribution >= 4 is 11.3 Å². The van der Waals surface area contributed by atoms with E-state index in [1.165, 1.54) is 9.88 Å². The van der Waals surface area contributed by atoms with Crippen LogP contribution in [0.15, 0.2) is 6.20 Å². The number of rotatable bonds is 5. The summed E-state index contributed by atoms with van der Waals surface area (Å²) < 4.78 is 0. The molecule has 0 bridgehead atoms. The Labute approximate surface area is 95.1 Å². The van der Waals surface area contributed by atoms with E-state index < -0.39 is 0 Å². The maximum Gasteiger partial charge on any atom is 0.109 e. The monoisotopic (exact) mass is 225 g/mol. The minimum absolute atomic E-state index is 0.0824. The zero-order chi connectivity index (χ0) is 10.9. The zero-order valence-corrected chi connectivity index (χ0v) is 10.2.